The Morgan fingerprint density at radius 3 is 2.72 bits per heavy atom. The topological polar surface area (TPSA) is 64.7 Å². The van der Waals surface area contributed by atoms with Gasteiger partial charge in [0.1, 0.15) is 21.2 Å². The van der Waals surface area contributed by atoms with Crippen molar-refractivity contribution in [2.24, 2.45) is 5.73 Å². The van der Waals surface area contributed by atoms with E-state index in [-0.39, 0.29) is 11.9 Å². The molecule has 0 spiro atoms. The Balaban J connectivity index is 1.62. The number of pyridine rings is 2. The summed E-state index contributed by atoms with van der Waals surface area (Å²) in [5, 5.41) is 0.804. The van der Waals surface area contributed by atoms with Crippen LogP contribution in [0.25, 0.3) is 21.5 Å². The van der Waals surface area contributed by atoms with Gasteiger partial charge in [0.15, 0.2) is 0 Å². The first-order valence-electron chi connectivity index (χ1n) is 7.86. The van der Waals surface area contributed by atoms with Gasteiger partial charge >= 0.3 is 0 Å². The summed E-state index contributed by atoms with van der Waals surface area (Å²) >= 11 is 1.48. The number of thiazole rings is 1. The van der Waals surface area contributed by atoms with E-state index >= 15 is 0 Å². The molecule has 0 aliphatic rings. The predicted octanol–water partition coefficient (Wildman–Crippen LogP) is 4.13. The molecule has 3 heterocycles. The molecule has 1 aromatic carbocycles. The average Bonchev–Trinajstić information content (AvgIpc) is 3.06. The van der Waals surface area contributed by atoms with Crippen molar-refractivity contribution in [3.63, 3.8) is 0 Å². The number of nitrogens with two attached hydrogens (primary N) is 1. The molecule has 0 saturated heterocycles. The standard InChI is InChI=1S/C19H15FN4S/c20-15-3-1-2-12(8-15)9-16(21)18-24-17-10-14(11-23-19(17)25-18)13-4-6-22-7-5-13/h1-8,10-11,16H,9,21H2/t16-/m1/s1. The minimum atomic E-state index is -0.287. The van der Waals surface area contributed by atoms with Crippen molar-refractivity contribution < 1.29 is 4.39 Å². The maximum atomic E-state index is 13.3. The predicted molar refractivity (Wildman–Crippen MR) is 97.7 cm³/mol. The van der Waals surface area contributed by atoms with Crippen LogP contribution < -0.4 is 5.73 Å². The Morgan fingerprint density at radius 2 is 1.92 bits per heavy atom. The van der Waals surface area contributed by atoms with Gasteiger partial charge in [0, 0.05) is 24.2 Å². The van der Waals surface area contributed by atoms with Gasteiger partial charge in [0.05, 0.1) is 6.04 Å². The molecule has 0 amide bonds. The van der Waals surface area contributed by atoms with Crippen molar-refractivity contribution >= 4 is 21.7 Å². The number of aromatic nitrogens is 3. The first-order valence-corrected chi connectivity index (χ1v) is 8.67. The molecule has 0 unspecified atom stereocenters. The van der Waals surface area contributed by atoms with E-state index in [9.17, 15) is 4.39 Å². The molecular weight excluding hydrogens is 335 g/mol. The molecule has 3 aromatic heterocycles. The number of hydrogen-bond donors (Lipinski definition) is 1. The van der Waals surface area contributed by atoms with Crippen molar-refractivity contribution in [1.82, 2.24) is 15.0 Å². The first kappa shape index (κ1) is 15.8. The van der Waals surface area contributed by atoms with E-state index in [0.29, 0.717) is 6.42 Å². The third-order valence-corrected chi connectivity index (χ3v) is 5.05. The highest BCUT2D eigenvalue weighted by Crippen LogP contribution is 2.29. The quantitative estimate of drug-likeness (QED) is 0.601. The summed E-state index contributed by atoms with van der Waals surface area (Å²) in [6, 6.07) is 12.1. The van der Waals surface area contributed by atoms with Gasteiger partial charge in [-0.05, 0) is 47.9 Å². The molecule has 6 heteroatoms. The van der Waals surface area contributed by atoms with Crippen LogP contribution in [0.1, 0.15) is 16.6 Å². The number of benzene rings is 1. The van der Waals surface area contributed by atoms with Gasteiger partial charge in [-0.1, -0.05) is 23.5 Å². The lowest BCUT2D eigenvalue weighted by Gasteiger charge is -2.08. The molecule has 4 nitrogen and oxygen atoms in total. The van der Waals surface area contributed by atoms with Crippen LogP contribution in [0.2, 0.25) is 0 Å². The van der Waals surface area contributed by atoms with Gasteiger partial charge in [-0.2, -0.15) is 0 Å². The minimum absolute atomic E-state index is 0.252. The molecule has 4 rings (SSSR count). The molecule has 0 fully saturated rings. The van der Waals surface area contributed by atoms with E-state index in [1.165, 1.54) is 23.5 Å². The Bertz CT molecular complexity index is 1020. The molecule has 0 aliphatic carbocycles. The number of nitrogens with zero attached hydrogens (tertiary/aromatic N) is 3. The lowest BCUT2D eigenvalue weighted by Crippen LogP contribution is -2.13. The summed E-state index contributed by atoms with van der Waals surface area (Å²) < 4.78 is 13.3. The zero-order chi connectivity index (χ0) is 17.2. The maximum Gasteiger partial charge on any atom is 0.143 e. The lowest BCUT2D eigenvalue weighted by molar-refractivity contribution is 0.622. The number of fused-ring (bicyclic) bond motifs is 1. The highest BCUT2D eigenvalue weighted by molar-refractivity contribution is 7.18. The van der Waals surface area contributed by atoms with E-state index in [4.69, 9.17) is 5.73 Å². The Kier molecular flexibility index (Phi) is 4.21. The molecule has 124 valence electrons. The van der Waals surface area contributed by atoms with Crippen LogP contribution in [0.4, 0.5) is 4.39 Å². The summed E-state index contributed by atoms with van der Waals surface area (Å²) in [4.78, 5) is 14.0. The lowest BCUT2D eigenvalue weighted by atomic mass is 10.1. The second-order valence-corrected chi connectivity index (χ2v) is 6.79. The molecule has 0 bridgehead atoms. The molecule has 1 atom stereocenters. The van der Waals surface area contributed by atoms with E-state index in [1.54, 1.807) is 18.5 Å². The van der Waals surface area contributed by atoms with Gasteiger partial charge in [-0.15, -0.1) is 0 Å². The van der Waals surface area contributed by atoms with E-state index in [2.05, 4.69) is 15.0 Å². The van der Waals surface area contributed by atoms with Gasteiger partial charge < -0.3 is 5.73 Å². The molecule has 4 aromatic rings. The van der Waals surface area contributed by atoms with Crippen molar-refractivity contribution in [3.05, 3.63) is 77.4 Å². The molecule has 2 N–H and O–H groups in total. The van der Waals surface area contributed by atoms with Gasteiger partial charge in [-0.25, -0.2) is 14.4 Å². The fourth-order valence-corrected chi connectivity index (χ4v) is 3.60. The van der Waals surface area contributed by atoms with Gasteiger partial charge in [0.25, 0.3) is 0 Å². The smallest absolute Gasteiger partial charge is 0.143 e. The Hall–Kier alpha value is -2.70. The van der Waals surface area contributed by atoms with Crippen LogP contribution in [-0.2, 0) is 6.42 Å². The largest absolute Gasteiger partial charge is 0.322 e. The fourth-order valence-electron chi connectivity index (χ4n) is 2.71. The molecule has 0 aliphatic heterocycles. The van der Waals surface area contributed by atoms with Crippen molar-refractivity contribution in [2.45, 2.75) is 12.5 Å². The molecule has 0 saturated carbocycles. The fraction of sp³-hybridized carbons (Fsp3) is 0.105. The SMILES string of the molecule is N[C@H](Cc1cccc(F)c1)c1nc2cc(-c3ccncc3)cnc2s1. The second-order valence-electron chi connectivity index (χ2n) is 5.78. The van der Waals surface area contributed by atoms with Crippen LogP contribution in [0.3, 0.4) is 0 Å². The minimum Gasteiger partial charge on any atom is -0.322 e. The van der Waals surface area contributed by atoms with Gasteiger partial charge in [0.2, 0.25) is 0 Å². The molecule has 25 heavy (non-hydrogen) atoms. The third kappa shape index (κ3) is 3.40. The third-order valence-electron chi connectivity index (χ3n) is 3.94. The summed E-state index contributed by atoms with van der Waals surface area (Å²) in [7, 11) is 0. The molecular formula is C19H15FN4S. The van der Waals surface area contributed by atoms with Crippen LogP contribution in [-0.4, -0.2) is 15.0 Å². The normalized spacial score (nSPS) is 12.4. The maximum absolute atomic E-state index is 13.3. The van der Waals surface area contributed by atoms with E-state index in [1.807, 2.05) is 30.5 Å². The highest BCUT2D eigenvalue weighted by atomic mass is 32.1. The number of hydrogen-bond acceptors (Lipinski definition) is 5. The number of rotatable bonds is 4. The van der Waals surface area contributed by atoms with E-state index in [0.717, 1.165) is 32.0 Å². The Labute approximate surface area is 148 Å². The number of halogens is 1. The van der Waals surface area contributed by atoms with Crippen molar-refractivity contribution in [3.8, 4) is 11.1 Å². The van der Waals surface area contributed by atoms with Crippen LogP contribution in [0.15, 0.2) is 61.1 Å². The molecule has 0 radical (unpaired) electrons. The summed E-state index contributed by atoms with van der Waals surface area (Å²) in [6.45, 7) is 0. The van der Waals surface area contributed by atoms with Gasteiger partial charge in [-0.3, -0.25) is 4.98 Å². The van der Waals surface area contributed by atoms with Crippen LogP contribution in [0, 0.1) is 5.82 Å². The monoisotopic (exact) mass is 350 g/mol. The highest BCUT2D eigenvalue weighted by Gasteiger charge is 2.14. The average molecular weight is 350 g/mol. The zero-order valence-electron chi connectivity index (χ0n) is 13.3. The zero-order valence-corrected chi connectivity index (χ0v) is 14.1. The first-order chi connectivity index (χ1) is 12.2. The van der Waals surface area contributed by atoms with Crippen molar-refractivity contribution in [2.75, 3.05) is 0 Å². The summed E-state index contributed by atoms with van der Waals surface area (Å²) in [5.41, 5.74) is 10.00. The summed E-state index contributed by atoms with van der Waals surface area (Å²) in [6.07, 6.45) is 5.87. The van der Waals surface area contributed by atoms with Crippen LogP contribution in [0.5, 0.6) is 0 Å². The van der Waals surface area contributed by atoms with Crippen LogP contribution >= 0.6 is 11.3 Å². The second kappa shape index (κ2) is 6.66. The van der Waals surface area contributed by atoms with E-state index < -0.39 is 0 Å². The summed E-state index contributed by atoms with van der Waals surface area (Å²) in [5.74, 6) is -0.252. The Morgan fingerprint density at radius 1 is 1.08 bits per heavy atom. The van der Waals surface area contributed by atoms with Crippen molar-refractivity contribution in [1.29, 1.82) is 0 Å².